The van der Waals surface area contributed by atoms with Crippen molar-refractivity contribution in [2.45, 2.75) is 24.7 Å². The molecule has 0 fully saturated rings. The number of aliphatic carboxylic acids is 1. The minimum Gasteiger partial charge on any atom is -0.550 e. The summed E-state index contributed by atoms with van der Waals surface area (Å²) in [6.45, 7) is 1.76. The van der Waals surface area contributed by atoms with Crippen molar-refractivity contribution in [3.05, 3.63) is 60.4 Å². The van der Waals surface area contributed by atoms with Crippen LogP contribution in [0.4, 0.5) is 0 Å². The molecule has 3 rings (SSSR count). The van der Waals surface area contributed by atoms with E-state index in [-0.39, 0.29) is 34.5 Å². The van der Waals surface area contributed by atoms with E-state index in [0.29, 0.717) is 17.0 Å². The molecule has 3 aromatic rings. The molecule has 1 amide bonds. The zero-order chi connectivity index (χ0) is 21.0. The van der Waals surface area contributed by atoms with Crippen LogP contribution in [-0.2, 0) is 19.6 Å². The topological polar surface area (TPSA) is 129 Å². The van der Waals surface area contributed by atoms with E-state index in [4.69, 9.17) is 4.52 Å². The first-order valence-electron chi connectivity index (χ1n) is 8.65. The summed E-state index contributed by atoms with van der Waals surface area (Å²) in [4.78, 5) is 21.9. The molecule has 0 spiro atoms. The molecule has 0 saturated heterocycles. The molecule has 0 aliphatic carbocycles. The van der Waals surface area contributed by atoms with Gasteiger partial charge in [-0.1, -0.05) is 47.6 Å². The number of carboxylic acid groups (broad SMARTS) is 1. The van der Waals surface area contributed by atoms with Crippen molar-refractivity contribution in [1.29, 1.82) is 0 Å². The minimum atomic E-state index is -4.12. The van der Waals surface area contributed by atoms with E-state index >= 15 is 0 Å². The van der Waals surface area contributed by atoms with Crippen molar-refractivity contribution < 1.29 is 57.2 Å². The maximum Gasteiger partial charge on any atom is 1.00 e. The minimum absolute atomic E-state index is 0. The van der Waals surface area contributed by atoms with Gasteiger partial charge in [-0.15, -0.1) is 0 Å². The first-order valence-corrected chi connectivity index (χ1v) is 10.1. The Hall–Kier alpha value is -2.46. The molecule has 10 heteroatoms. The van der Waals surface area contributed by atoms with Gasteiger partial charge in [0.15, 0.2) is 0 Å². The van der Waals surface area contributed by atoms with Gasteiger partial charge in [-0.3, -0.25) is 4.79 Å². The summed E-state index contributed by atoms with van der Waals surface area (Å²) in [6, 6.07) is 15.3. The fraction of sp³-hybridized carbons (Fsp3) is 0.150. The Kier molecular flexibility index (Phi) is 7.96. The van der Waals surface area contributed by atoms with Gasteiger partial charge < -0.3 is 14.4 Å². The third-order valence-electron chi connectivity index (χ3n) is 4.17. The Labute approximate surface area is 195 Å². The van der Waals surface area contributed by atoms with Crippen LogP contribution in [0.5, 0.6) is 0 Å². The van der Waals surface area contributed by atoms with Gasteiger partial charge in [0.1, 0.15) is 11.5 Å². The molecular formula is C20H17N2NaO6S. The van der Waals surface area contributed by atoms with Crippen molar-refractivity contribution in [3.8, 4) is 22.4 Å². The number of nitrogens with one attached hydrogen (secondary N) is 1. The number of aryl methyl sites for hydroxylation is 1. The van der Waals surface area contributed by atoms with Gasteiger partial charge in [0, 0.05) is 18.0 Å². The van der Waals surface area contributed by atoms with Gasteiger partial charge in [-0.25, -0.2) is 13.1 Å². The molecule has 1 heterocycles. The molecule has 0 unspecified atom stereocenters. The second kappa shape index (κ2) is 10.0. The summed E-state index contributed by atoms with van der Waals surface area (Å²) in [5, 5.41) is 14.5. The smallest absolute Gasteiger partial charge is 0.550 e. The molecule has 30 heavy (non-hydrogen) atoms. The molecule has 0 aliphatic rings. The van der Waals surface area contributed by atoms with Crippen LogP contribution >= 0.6 is 0 Å². The molecular weight excluding hydrogens is 419 g/mol. The van der Waals surface area contributed by atoms with Crippen LogP contribution in [-0.4, -0.2) is 25.5 Å². The maximum absolute atomic E-state index is 12.3. The summed E-state index contributed by atoms with van der Waals surface area (Å²) >= 11 is 0. The Bertz CT molecular complexity index is 1140. The number of amides is 1. The van der Waals surface area contributed by atoms with Gasteiger partial charge in [0.05, 0.1) is 10.5 Å². The van der Waals surface area contributed by atoms with E-state index in [2.05, 4.69) is 5.16 Å². The van der Waals surface area contributed by atoms with Crippen LogP contribution in [0.25, 0.3) is 22.4 Å². The fourth-order valence-electron chi connectivity index (χ4n) is 2.78. The summed E-state index contributed by atoms with van der Waals surface area (Å²) in [6.07, 6.45) is -1.05. The number of hydrogen-bond donors (Lipinski definition) is 1. The van der Waals surface area contributed by atoms with Crippen LogP contribution in [0.2, 0.25) is 0 Å². The van der Waals surface area contributed by atoms with Crippen LogP contribution in [0.15, 0.2) is 64.0 Å². The number of rotatable bonds is 7. The van der Waals surface area contributed by atoms with E-state index in [1.165, 1.54) is 12.1 Å². The number of sulfonamides is 1. The molecule has 1 aromatic heterocycles. The predicted molar refractivity (Wildman–Crippen MR) is 102 cm³/mol. The quantitative estimate of drug-likeness (QED) is 0.454. The van der Waals surface area contributed by atoms with Gasteiger partial charge in [-0.05, 0) is 31.0 Å². The summed E-state index contributed by atoms with van der Waals surface area (Å²) in [7, 11) is -4.12. The van der Waals surface area contributed by atoms with E-state index in [1.807, 2.05) is 35.1 Å². The summed E-state index contributed by atoms with van der Waals surface area (Å²) in [5.74, 6) is -1.77. The maximum atomic E-state index is 12.3. The number of carbonyl (C=O) groups is 2. The second-order valence-corrected chi connectivity index (χ2v) is 7.94. The molecule has 0 aliphatic heterocycles. The SMILES string of the molecule is Cc1onc(-c2ccccc2)c1-c1ccc(S(=O)(=O)NC(=O)CCC(=O)[O-])cc1.[Na+]. The fourth-order valence-corrected chi connectivity index (χ4v) is 3.80. The molecule has 0 atom stereocenters. The van der Waals surface area contributed by atoms with Gasteiger partial charge >= 0.3 is 29.6 Å². The monoisotopic (exact) mass is 436 g/mol. The number of hydrogen-bond acceptors (Lipinski definition) is 7. The third kappa shape index (κ3) is 5.57. The van der Waals surface area contributed by atoms with Crippen molar-refractivity contribution >= 4 is 21.9 Å². The Morgan fingerprint density at radius 3 is 2.23 bits per heavy atom. The van der Waals surface area contributed by atoms with Crippen molar-refractivity contribution in [2.75, 3.05) is 0 Å². The van der Waals surface area contributed by atoms with Crippen LogP contribution < -0.4 is 39.4 Å². The first-order chi connectivity index (χ1) is 13.8. The number of aromatic nitrogens is 1. The molecule has 0 saturated carbocycles. The summed E-state index contributed by atoms with van der Waals surface area (Å²) < 4.78 is 31.8. The van der Waals surface area contributed by atoms with Gasteiger partial charge in [0.25, 0.3) is 10.0 Å². The largest absolute Gasteiger partial charge is 1.00 e. The van der Waals surface area contributed by atoms with Crippen molar-refractivity contribution in [3.63, 3.8) is 0 Å². The zero-order valence-electron chi connectivity index (χ0n) is 16.4. The number of carboxylic acids is 1. The first kappa shape index (κ1) is 23.8. The van der Waals surface area contributed by atoms with E-state index in [1.54, 1.807) is 19.1 Å². The summed E-state index contributed by atoms with van der Waals surface area (Å²) in [5.41, 5.74) is 2.92. The predicted octanol–water partition coefficient (Wildman–Crippen LogP) is -1.34. The average molecular weight is 436 g/mol. The van der Waals surface area contributed by atoms with Crippen LogP contribution in [0, 0.1) is 6.92 Å². The Morgan fingerprint density at radius 1 is 1.00 bits per heavy atom. The van der Waals surface area contributed by atoms with Crippen LogP contribution in [0.3, 0.4) is 0 Å². The third-order valence-corrected chi connectivity index (χ3v) is 5.56. The van der Waals surface area contributed by atoms with Gasteiger partial charge in [-0.2, -0.15) is 0 Å². The number of nitrogens with zero attached hydrogens (tertiary/aromatic N) is 1. The second-order valence-electron chi connectivity index (χ2n) is 6.25. The van der Waals surface area contributed by atoms with Crippen LogP contribution in [0.1, 0.15) is 18.6 Å². The number of carbonyl (C=O) groups excluding carboxylic acids is 2. The molecule has 2 aromatic carbocycles. The van der Waals surface area contributed by atoms with Crippen molar-refractivity contribution in [2.24, 2.45) is 0 Å². The molecule has 0 bridgehead atoms. The Balaban J connectivity index is 0.00000320. The molecule has 8 nitrogen and oxygen atoms in total. The molecule has 150 valence electrons. The number of benzene rings is 2. The molecule has 0 radical (unpaired) electrons. The van der Waals surface area contributed by atoms with Gasteiger partial charge in [0.2, 0.25) is 5.91 Å². The van der Waals surface area contributed by atoms with Crippen molar-refractivity contribution in [1.82, 2.24) is 9.88 Å². The Morgan fingerprint density at radius 2 is 1.63 bits per heavy atom. The zero-order valence-corrected chi connectivity index (χ0v) is 19.2. The normalized spacial score (nSPS) is 10.8. The van der Waals surface area contributed by atoms with E-state index in [9.17, 15) is 23.1 Å². The standard InChI is InChI=1S/C20H18N2O6S.Na/c1-13-19(20(21-28-13)15-5-3-2-4-6-15)14-7-9-16(10-8-14)29(26,27)22-17(23)11-12-18(24)25;/h2-10H,11-12H2,1H3,(H,22,23)(H,24,25);/q;+1/p-1. The van der Waals surface area contributed by atoms with E-state index in [0.717, 1.165) is 11.1 Å². The average Bonchev–Trinajstić information content (AvgIpc) is 3.08. The molecule has 1 N–H and O–H groups in total. The van der Waals surface area contributed by atoms with E-state index < -0.39 is 34.7 Å².